The summed E-state index contributed by atoms with van der Waals surface area (Å²) in [6, 6.07) is 8.37. The predicted octanol–water partition coefficient (Wildman–Crippen LogP) is 3.30. The predicted molar refractivity (Wildman–Crippen MR) is 85.7 cm³/mol. The molecule has 1 aliphatic heterocycles. The number of anilines is 1. The molecule has 0 spiro atoms. The first kappa shape index (κ1) is 15.2. The van der Waals surface area contributed by atoms with Crippen LogP contribution in [0.3, 0.4) is 0 Å². The normalized spacial score (nSPS) is 17.8. The lowest BCUT2D eigenvalue weighted by Gasteiger charge is -2.41. The molecule has 1 aliphatic rings. The number of ether oxygens (including phenoxy) is 1. The molecule has 0 saturated carbocycles. The smallest absolute Gasteiger partial charge is 0.120 e. The van der Waals surface area contributed by atoms with Gasteiger partial charge in [0.1, 0.15) is 5.75 Å². The molecule has 20 heavy (non-hydrogen) atoms. The third-order valence-electron chi connectivity index (χ3n) is 4.51. The van der Waals surface area contributed by atoms with Crippen LogP contribution in [0.4, 0.5) is 5.69 Å². The number of hydrogen-bond donors (Lipinski definition) is 1. The number of rotatable bonds is 6. The molecule has 1 N–H and O–H groups in total. The molecule has 1 aromatic rings. The molecule has 112 valence electrons. The molecule has 0 unspecified atom stereocenters. The van der Waals surface area contributed by atoms with Crippen LogP contribution in [0.25, 0.3) is 0 Å². The lowest BCUT2D eigenvalue weighted by Crippen LogP contribution is -2.43. The molecule has 2 rings (SSSR count). The third-order valence-corrected chi connectivity index (χ3v) is 4.51. The summed E-state index contributed by atoms with van der Waals surface area (Å²) in [6.07, 6.45) is 5.17. The second kappa shape index (κ2) is 6.98. The molecule has 1 saturated heterocycles. The molecule has 3 nitrogen and oxygen atoms in total. The van der Waals surface area contributed by atoms with Crippen molar-refractivity contribution in [3.05, 3.63) is 24.3 Å². The van der Waals surface area contributed by atoms with Crippen LogP contribution >= 0.6 is 0 Å². The molecule has 1 aromatic carbocycles. The summed E-state index contributed by atoms with van der Waals surface area (Å²) in [5.41, 5.74) is 1.72. The summed E-state index contributed by atoms with van der Waals surface area (Å²) >= 11 is 0. The van der Waals surface area contributed by atoms with Gasteiger partial charge in [0.15, 0.2) is 0 Å². The summed E-state index contributed by atoms with van der Waals surface area (Å²) in [5.74, 6) is 0.934. The van der Waals surface area contributed by atoms with Gasteiger partial charge < -0.3 is 15.0 Å². The van der Waals surface area contributed by atoms with Crippen LogP contribution in [0, 0.1) is 5.41 Å². The van der Waals surface area contributed by atoms with E-state index in [0.29, 0.717) is 5.41 Å². The fraction of sp³-hybridized carbons (Fsp3) is 0.647. The van der Waals surface area contributed by atoms with Crippen molar-refractivity contribution in [2.45, 2.75) is 32.6 Å². The maximum atomic E-state index is 5.33. The van der Waals surface area contributed by atoms with Gasteiger partial charge in [0.2, 0.25) is 0 Å². The quantitative estimate of drug-likeness (QED) is 0.863. The Morgan fingerprint density at radius 2 is 2.05 bits per heavy atom. The van der Waals surface area contributed by atoms with Crippen LogP contribution in [0.15, 0.2) is 24.3 Å². The maximum absolute atomic E-state index is 5.33. The lowest BCUT2D eigenvalue weighted by molar-refractivity contribution is 0.190. The SMILES string of the molecule is CCCC1(CN(C)c2cccc(OC)c2)CCNCC1. The minimum Gasteiger partial charge on any atom is -0.497 e. The summed E-state index contributed by atoms with van der Waals surface area (Å²) in [4.78, 5) is 2.39. The number of piperidine rings is 1. The fourth-order valence-corrected chi connectivity index (χ4v) is 3.42. The molecule has 0 aliphatic carbocycles. The summed E-state index contributed by atoms with van der Waals surface area (Å²) in [6.45, 7) is 5.75. The Morgan fingerprint density at radius 3 is 2.70 bits per heavy atom. The Hall–Kier alpha value is -1.22. The molecule has 0 atom stereocenters. The second-order valence-electron chi connectivity index (χ2n) is 6.06. The highest BCUT2D eigenvalue weighted by Gasteiger charge is 2.32. The monoisotopic (exact) mass is 276 g/mol. The molecular formula is C17H28N2O. The maximum Gasteiger partial charge on any atom is 0.120 e. The van der Waals surface area contributed by atoms with Gasteiger partial charge in [-0.05, 0) is 49.9 Å². The van der Waals surface area contributed by atoms with Crippen LogP contribution in [-0.4, -0.2) is 33.8 Å². The van der Waals surface area contributed by atoms with Gasteiger partial charge in [0.25, 0.3) is 0 Å². The molecule has 0 amide bonds. The molecule has 3 heteroatoms. The van der Waals surface area contributed by atoms with Crippen molar-refractivity contribution in [3.63, 3.8) is 0 Å². The van der Waals surface area contributed by atoms with E-state index in [4.69, 9.17) is 4.74 Å². The van der Waals surface area contributed by atoms with Gasteiger partial charge in [-0.1, -0.05) is 19.4 Å². The summed E-state index contributed by atoms with van der Waals surface area (Å²) in [7, 11) is 3.93. The first-order valence-corrected chi connectivity index (χ1v) is 7.75. The molecule has 0 bridgehead atoms. The van der Waals surface area contributed by atoms with Crippen LogP contribution in [-0.2, 0) is 0 Å². The van der Waals surface area contributed by atoms with Crippen molar-refractivity contribution in [3.8, 4) is 5.75 Å². The number of hydrogen-bond acceptors (Lipinski definition) is 3. The zero-order valence-corrected chi connectivity index (χ0v) is 13.1. The van der Waals surface area contributed by atoms with Gasteiger partial charge in [0.05, 0.1) is 7.11 Å². The van der Waals surface area contributed by atoms with E-state index in [2.05, 4.69) is 42.4 Å². The van der Waals surface area contributed by atoms with Gasteiger partial charge >= 0.3 is 0 Å². The largest absolute Gasteiger partial charge is 0.497 e. The topological polar surface area (TPSA) is 24.5 Å². The van der Waals surface area contributed by atoms with Crippen LogP contribution in [0.5, 0.6) is 5.75 Å². The highest BCUT2D eigenvalue weighted by Crippen LogP contribution is 2.36. The molecule has 1 fully saturated rings. The zero-order chi connectivity index (χ0) is 14.4. The van der Waals surface area contributed by atoms with Gasteiger partial charge in [-0.2, -0.15) is 0 Å². The van der Waals surface area contributed by atoms with E-state index in [1.807, 2.05) is 6.07 Å². The van der Waals surface area contributed by atoms with E-state index in [1.165, 1.54) is 31.4 Å². The van der Waals surface area contributed by atoms with Crippen molar-refractivity contribution in [1.82, 2.24) is 5.32 Å². The average molecular weight is 276 g/mol. The van der Waals surface area contributed by atoms with Gasteiger partial charge in [-0.15, -0.1) is 0 Å². The van der Waals surface area contributed by atoms with Gasteiger partial charge in [0, 0.05) is 25.3 Å². The molecule has 0 aromatic heterocycles. The first-order chi connectivity index (χ1) is 9.69. The van der Waals surface area contributed by atoms with Crippen LogP contribution in [0.2, 0.25) is 0 Å². The molecular weight excluding hydrogens is 248 g/mol. The van der Waals surface area contributed by atoms with Crippen molar-refractivity contribution < 1.29 is 4.74 Å². The minimum absolute atomic E-state index is 0.470. The highest BCUT2D eigenvalue weighted by molar-refractivity contribution is 5.50. The van der Waals surface area contributed by atoms with E-state index < -0.39 is 0 Å². The fourth-order valence-electron chi connectivity index (χ4n) is 3.42. The Balaban J connectivity index is 2.08. The third kappa shape index (κ3) is 3.66. The molecule has 0 radical (unpaired) electrons. The zero-order valence-electron chi connectivity index (χ0n) is 13.1. The Labute approximate surface area is 123 Å². The van der Waals surface area contributed by atoms with Crippen molar-refractivity contribution in [1.29, 1.82) is 0 Å². The minimum atomic E-state index is 0.470. The number of methoxy groups -OCH3 is 1. The van der Waals surface area contributed by atoms with Crippen molar-refractivity contribution in [2.24, 2.45) is 5.41 Å². The van der Waals surface area contributed by atoms with E-state index in [0.717, 1.165) is 25.4 Å². The summed E-state index contributed by atoms with van der Waals surface area (Å²) in [5, 5.41) is 3.49. The van der Waals surface area contributed by atoms with E-state index in [-0.39, 0.29) is 0 Å². The Morgan fingerprint density at radius 1 is 1.30 bits per heavy atom. The van der Waals surface area contributed by atoms with E-state index in [9.17, 15) is 0 Å². The Kier molecular flexibility index (Phi) is 5.30. The number of nitrogens with zero attached hydrogens (tertiary/aromatic N) is 1. The van der Waals surface area contributed by atoms with E-state index in [1.54, 1.807) is 7.11 Å². The summed E-state index contributed by atoms with van der Waals surface area (Å²) < 4.78 is 5.33. The van der Waals surface area contributed by atoms with Crippen molar-refractivity contribution in [2.75, 3.05) is 38.7 Å². The van der Waals surface area contributed by atoms with E-state index >= 15 is 0 Å². The first-order valence-electron chi connectivity index (χ1n) is 7.75. The molecule has 1 heterocycles. The lowest BCUT2D eigenvalue weighted by atomic mass is 9.75. The van der Waals surface area contributed by atoms with Crippen LogP contribution < -0.4 is 15.0 Å². The highest BCUT2D eigenvalue weighted by atomic mass is 16.5. The standard InChI is InChI=1S/C17H28N2O/c1-4-8-17(9-11-18-12-10-17)14-19(2)15-6-5-7-16(13-15)20-3/h5-7,13,18H,4,8-12,14H2,1-3H3. The number of nitrogens with one attached hydrogen (secondary N) is 1. The number of benzene rings is 1. The van der Waals surface area contributed by atoms with Crippen molar-refractivity contribution >= 4 is 5.69 Å². The van der Waals surface area contributed by atoms with Gasteiger partial charge in [-0.25, -0.2) is 0 Å². The van der Waals surface area contributed by atoms with Crippen LogP contribution in [0.1, 0.15) is 32.6 Å². The average Bonchev–Trinajstić information content (AvgIpc) is 2.48. The second-order valence-corrected chi connectivity index (χ2v) is 6.06. The Bertz CT molecular complexity index is 408. The van der Waals surface area contributed by atoms with Gasteiger partial charge in [-0.3, -0.25) is 0 Å².